The minimum absolute atomic E-state index is 0.155. The second-order valence-electron chi connectivity index (χ2n) is 9.28. The molecule has 4 aromatic rings. The van der Waals surface area contributed by atoms with Crippen LogP contribution in [0.25, 0.3) is 10.9 Å². The summed E-state index contributed by atoms with van der Waals surface area (Å²) in [6, 6.07) is 24.2. The number of hydrogen-bond donors (Lipinski definition) is 3. The van der Waals surface area contributed by atoms with Crippen LogP contribution < -0.4 is 4.18 Å². The normalized spacial score (nSPS) is 11.9. The first-order valence-corrected chi connectivity index (χ1v) is 13.6. The molecule has 0 unspecified atom stereocenters. The van der Waals surface area contributed by atoms with E-state index in [9.17, 15) is 5.11 Å². The Labute approximate surface area is 218 Å². The molecule has 0 spiro atoms. The molecule has 0 radical (unpaired) electrons. The van der Waals surface area contributed by atoms with Crippen molar-refractivity contribution in [1.82, 2.24) is 9.88 Å². The van der Waals surface area contributed by atoms with E-state index in [-0.39, 0.29) is 11.2 Å². The van der Waals surface area contributed by atoms with Crippen molar-refractivity contribution in [2.45, 2.75) is 25.7 Å². The van der Waals surface area contributed by atoms with Gasteiger partial charge in [0.15, 0.2) is 0 Å². The topological polar surface area (TPSA) is 48.5 Å². The van der Waals surface area contributed by atoms with Crippen LogP contribution in [-0.2, 0) is 11.8 Å². The van der Waals surface area contributed by atoms with Crippen molar-refractivity contribution in [3.05, 3.63) is 95.7 Å². The van der Waals surface area contributed by atoms with E-state index in [0.717, 1.165) is 48.9 Å². The third-order valence-corrected chi connectivity index (χ3v) is 7.46. The van der Waals surface area contributed by atoms with Crippen LogP contribution in [0.15, 0.2) is 79.0 Å². The van der Waals surface area contributed by atoms with Gasteiger partial charge in [-0.2, -0.15) is 12.6 Å². The largest absolute Gasteiger partial charge is 0.508 e. The molecule has 0 saturated heterocycles. The molecule has 0 aliphatic heterocycles. The molecule has 1 aromatic heterocycles. The maximum Gasteiger partial charge on any atom is 0.137 e. The lowest BCUT2D eigenvalue weighted by atomic mass is 9.78. The molecule has 4 nitrogen and oxygen atoms in total. The van der Waals surface area contributed by atoms with Crippen LogP contribution in [0, 0.1) is 0 Å². The third-order valence-electron chi connectivity index (χ3n) is 6.60. The van der Waals surface area contributed by atoms with Gasteiger partial charge in [-0.05, 0) is 53.4 Å². The number of hydrogen-bond acceptors (Lipinski definition) is 5. The standard InChI is InChI=1S/C29H34N2O2S2/c1-29(2,23-7-11-25(32)12-8-23)24-9-13-26(14-10-24)33-35-20-18-31(17-19-34)16-15-22-21-30-28-6-4-3-5-27(22)28/h3-14,21,30,32,34H,15-20H2,1-2H3. The number of benzene rings is 3. The summed E-state index contributed by atoms with van der Waals surface area (Å²) >= 11 is 5.95. The van der Waals surface area contributed by atoms with Gasteiger partial charge in [0.05, 0.1) is 12.0 Å². The van der Waals surface area contributed by atoms with Crippen LogP contribution in [0.3, 0.4) is 0 Å². The van der Waals surface area contributed by atoms with Crippen LogP contribution >= 0.6 is 24.7 Å². The molecule has 0 amide bonds. The molecule has 3 aromatic carbocycles. The van der Waals surface area contributed by atoms with E-state index in [2.05, 4.69) is 79.0 Å². The van der Waals surface area contributed by atoms with E-state index in [1.807, 2.05) is 24.3 Å². The van der Waals surface area contributed by atoms with Crippen molar-refractivity contribution in [3.63, 3.8) is 0 Å². The Morgan fingerprint density at radius 2 is 1.60 bits per heavy atom. The average Bonchev–Trinajstić information content (AvgIpc) is 3.29. The summed E-state index contributed by atoms with van der Waals surface area (Å²) in [5.41, 5.74) is 4.78. The molecule has 0 saturated carbocycles. The van der Waals surface area contributed by atoms with Crippen LogP contribution in [-0.4, -0.2) is 46.1 Å². The van der Waals surface area contributed by atoms with Gasteiger partial charge in [-0.15, -0.1) is 0 Å². The minimum Gasteiger partial charge on any atom is -0.508 e. The number of phenolic OH excluding ortho intramolecular Hbond substituents is 1. The van der Waals surface area contributed by atoms with Gasteiger partial charge in [-0.3, -0.25) is 0 Å². The summed E-state index contributed by atoms with van der Waals surface area (Å²) in [6.07, 6.45) is 3.15. The van der Waals surface area contributed by atoms with Crippen molar-refractivity contribution >= 4 is 35.6 Å². The van der Waals surface area contributed by atoms with Crippen molar-refractivity contribution < 1.29 is 9.29 Å². The van der Waals surface area contributed by atoms with Gasteiger partial charge >= 0.3 is 0 Å². The number of aromatic hydroxyl groups is 1. The Balaban J connectivity index is 1.25. The van der Waals surface area contributed by atoms with Gasteiger partial charge in [0.2, 0.25) is 0 Å². The Morgan fingerprint density at radius 1 is 0.914 bits per heavy atom. The van der Waals surface area contributed by atoms with Crippen molar-refractivity contribution in [3.8, 4) is 11.5 Å². The minimum atomic E-state index is -0.155. The van der Waals surface area contributed by atoms with Gasteiger partial charge in [0, 0.05) is 53.7 Å². The fourth-order valence-electron chi connectivity index (χ4n) is 4.34. The molecule has 1 heterocycles. The lowest BCUT2D eigenvalue weighted by Gasteiger charge is -2.26. The molecular formula is C29H34N2O2S2. The molecule has 0 aliphatic rings. The maximum atomic E-state index is 9.58. The lowest BCUT2D eigenvalue weighted by molar-refractivity contribution is 0.313. The smallest absolute Gasteiger partial charge is 0.137 e. The number of para-hydroxylation sites is 1. The lowest BCUT2D eigenvalue weighted by Crippen LogP contribution is -2.30. The molecular weight excluding hydrogens is 472 g/mol. The Hall–Kier alpha value is -2.54. The molecule has 0 bridgehead atoms. The third kappa shape index (κ3) is 6.57. The number of aromatic nitrogens is 1. The van der Waals surface area contributed by atoms with Gasteiger partial charge in [-0.25, -0.2) is 0 Å². The summed E-state index contributed by atoms with van der Waals surface area (Å²) < 4.78 is 5.96. The Morgan fingerprint density at radius 3 is 2.31 bits per heavy atom. The van der Waals surface area contributed by atoms with Crippen molar-refractivity contribution in [2.24, 2.45) is 0 Å². The van der Waals surface area contributed by atoms with Gasteiger partial charge < -0.3 is 19.2 Å². The van der Waals surface area contributed by atoms with Crippen LogP contribution in [0.4, 0.5) is 0 Å². The first-order chi connectivity index (χ1) is 17.0. The summed E-state index contributed by atoms with van der Waals surface area (Å²) in [6.45, 7) is 7.31. The molecule has 184 valence electrons. The average molecular weight is 507 g/mol. The number of fused-ring (bicyclic) bond motifs is 1. The zero-order valence-corrected chi connectivity index (χ0v) is 22.1. The summed E-state index contributed by atoms with van der Waals surface area (Å²) in [5.74, 6) is 2.89. The molecule has 6 heteroatoms. The van der Waals surface area contributed by atoms with Crippen molar-refractivity contribution in [2.75, 3.05) is 31.1 Å². The molecule has 4 rings (SSSR count). The quantitative estimate of drug-likeness (QED) is 0.114. The number of phenols is 1. The van der Waals surface area contributed by atoms with E-state index in [1.54, 1.807) is 12.1 Å². The van der Waals surface area contributed by atoms with Gasteiger partial charge in [-0.1, -0.05) is 56.3 Å². The van der Waals surface area contributed by atoms with E-state index in [1.165, 1.54) is 34.1 Å². The van der Waals surface area contributed by atoms with E-state index in [0.29, 0.717) is 0 Å². The monoisotopic (exact) mass is 506 g/mol. The Kier molecular flexibility index (Phi) is 8.71. The van der Waals surface area contributed by atoms with Crippen LogP contribution in [0.5, 0.6) is 11.5 Å². The summed E-state index contributed by atoms with van der Waals surface area (Å²) in [4.78, 5) is 5.82. The highest BCUT2D eigenvalue weighted by atomic mass is 32.2. The summed E-state index contributed by atoms with van der Waals surface area (Å²) in [5, 5.41) is 10.9. The molecule has 0 fully saturated rings. The van der Waals surface area contributed by atoms with E-state index < -0.39 is 0 Å². The molecule has 35 heavy (non-hydrogen) atoms. The number of nitrogens with one attached hydrogen (secondary N) is 1. The van der Waals surface area contributed by atoms with Gasteiger partial charge in [0.1, 0.15) is 11.5 Å². The zero-order chi connectivity index (χ0) is 24.7. The number of thiol groups is 1. The number of aromatic amines is 1. The first kappa shape index (κ1) is 25.5. The fourth-order valence-corrected chi connectivity index (χ4v) is 5.29. The molecule has 0 aliphatic carbocycles. The predicted molar refractivity (Wildman–Crippen MR) is 152 cm³/mol. The highest BCUT2D eigenvalue weighted by Gasteiger charge is 2.23. The van der Waals surface area contributed by atoms with Crippen LogP contribution in [0.2, 0.25) is 0 Å². The van der Waals surface area contributed by atoms with Gasteiger partial charge in [0.25, 0.3) is 0 Å². The maximum absolute atomic E-state index is 9.58. The highest BCUT2D eigenvalue weighted by Crippen LogP contribution is 2.33. The fraction of sp³-hybridized carbons (Fsp3) is 0.310. The zero-order valence-electron chi connectivity index (χ0n) is 20.4. The second-order valence-corrected chi connectivity index (χ2v) is 10.5. The van der Waals surface area contributed by atoms with Crippen molar-refractivity contribution in [1.29, 1.82) is 0 Å². The van der Waals surface area contributed by atoms with Crippen LogP contribution in [0.1, 0.15) is 30.5 Å². The SMILES string of the molecule is CC(C)(c1ccc(O)cc1)c1ccc(OSCCN(CCS)CCc2c[nH]c3ccccc23)cc1. The Bertz CT molecular complexity index is 1200. The second kappa shape index (κ2) is 11.9. The number of rotatable bonds is 12. The first-order valence-electron chi connectivity index (χ1n) is 12.0. The highest BCUT2D eigenvalue weighted by molar-refractivity contribution is 7.95. The van der Waals surface area contributed by atoms with E-state index in [4.69, 9.17) is 4.18 Å². The number of nitrogens with zero attached hydrogens (tertiary/aromatic N) is 1. The summed E-state index contributed by atoms with van der Waals surface area (Å²) in [7, 11) is 0. The number of H-pyrrole nitrogens is 1. The molecule has 2 N–H and O–H groups in total. The molecule has 0 atom stereocenters. The van der Waals surface area contributed by atoms with E-state index >= 15 is 0 Å². The predicted octanol–water partition coefficient (Wildman–Crippen LogP) is 6.70.